The number of hydrazone groups is 2. The van der Waals surface area contributed by atoms with E-state index in [1.54, 1.807) is 22.8 Å². The number of rotatable bonds is 0. The van der Waals surface area contributed by atoms with Crippen molar-refractivity contribution in [2.75, 3.05) is 6.54 Å². The van der Waals surface area contributed by atoms with Crippen LogP contribution in [0.5, 0.6) is 0 Å². The number of hydrogen-bond acceptors (Lipinski definition) is 5. The van der Waals surface area contributed by atoms with E-state index in [1.165, 1.54) is 6.34 Å². The number of nitrogens with zero attached hydrogens (tertiary/aromatic N) is 5. The molecule has 0 fully saturated rings. The molecule has 0 atom stereocenters. The molecule has 9 heavy (non-hydrogen) atoms. The Bertz CT molecular complexity index is 193. The Morgan fingerprint density at radius 2 is 2.33 bits per heavy atom. The van der Waals surface area contributed by atoms with Crippen molar-refractivity contribution in [3.8, 4) is 0 Å². The molecule has 2 aliphatic heterocycles. The molecular formula is C4H5N5. The van der Waals surface area contributed by atoms with Crippen molar-refractivity contribution in [1.82, 2.24) is 10.2 Å². The first-order valence-electron chi connectivity index (χ1n) is 2.62. The molecule has 0 radical (unpaired) electrons. The van der Waals surface area contributed by atoms with Gasteiger partial charge in [-0.05, 0) is 0 Å². The van der Waals surface area contributed by atoms with Crippen molar-refractivity contribution >= 4 is 18.9 Å². The van der Waals surface area contributed by atoms with Crippen molar-refractivity contribution in [3.63, 3.8) is 0 Å². The molecule has 0 amide bonds. The fourth-order valence-electron chi connectivity index (χ4n) is 0.705. The number of fused-ring (bicyclic) bond motifs is 1. The fourth-order valence-corrected chi connectivity index (χ4v) is 0.705. The number of hydrogen-bond donors (Lipinski definition) is 0. The molecule has 0 saturated heterocycles. The Morgan fingerprint density at radius 3 is 3.22 bits per heavy atom. The second kappa shape index (κ2) is 1.54. The summed E-state index contributed by atoms with van der Waals surface area (Å²) >= 11 is 0. The van der Waals surface area contributed by atoms with E-state index in [0.29, 0.717) is 0 Å². The zero-order chi connectivity index (χ0) is 6.10. The van der Waals surface area contributed by atoms with Crippen LogP contribution in [0, 0.1) is 0 Å². The Morgan fingerprint density at radius 1 is 1.33 bits per heavy atom. The largest absolute Gasteiger partial charge is 0.221 e. The molecule has 0 aromatic carbocycles. The van der Waals surface area contributed by atoms with Crippen molar-refractivity contribution < 1.29 is 0 Å². The average molecular weight is 123 g/mol. The quantitative estimate of drug-likeness (QED) is 0.435. The molecule has 2 heterocycles. The molecule has 0 N–H and O–H groups in total. The normalized spacial score (nSPS) is 21.3. The third-order valence-corrected chi connectivity index (χ3v) is 1.10. The smallest absolute Gasteiger partial charge is 0.139 e. The second-order valence-electron chi connectivity index (χ2n) is 1.67. The van der Waals surface area contributed by atoms with Crippen LogP contribution in [0.25, 0.3) is 0 Å². The lowest BCUT2D eigenvalue weighted by atomic mass is 10.7. The van der Waals surface area contributed by atoms with E-state index >= 15 is 0 Å². The van der Waals surface area contributed by atoms with Gasteiger partial charge in [0.15, 0.2) is 0 Å². The van der Waals surface area contributed by atoms with Crippen molar-refractivity contribution in [2.45, 2.75) is 0 Å². The molecule has 5 nitrogen and oxygen atoms in total. The maximum atomic E-state index is 3.93. The van der Waals surface area contributed by atoms with Crippen molar-refractivity contribution in [3.05, 3.63) is 0 Å². The first-order valence-corrected chi connectivity index (χ1v) is 2.62. The molecule has 5 heteroatoms. The van der Waals surface area contributed by atoms with Crippen LogP contribution in [-0.2, 0) is 0 Å². The van der Waals surface area contributed by atoms with Gasteiger partial charge < -0.3 is 0 Å². The minimum absolute atomic E-state index is 0.739. The summed E-state index contributed by atoms with van der Waals surface area (Å²) in [6.45, 7) is 0.739. The van der Waals surface area contributed by atoms with Crippen LogP contribution in [0.4, 0.5) is 0 Å². The van der Waals surface area contributed by atoms with Gasteiger partial charge in [-0.2, -0.15) is 10.2 Å². The molecule has 0 aromatic heterocycles. The maximum absolute atomic E-state index is 3.93. The fraction of sp³-hybridized carbons (Fsp3) is 0.250. The van der Waals surface area contributed by atoms with Gasteiger partial charge in [-0.15, -0.1) is 10.2 Å². The van der Waals surface area contributed by atoms with Crippen LogP contribution in [-0.4, -0.2) is 35.7 Å². The summed E-state index contributed by atoms with van der Waals surface area (Å²) in [5.41, 5.74) is 0. The molecule has 0 spiro atoms. The summed E-state index contributed by atoms with van der Waals surface area (Å²) in [6.07, 6.45) is 4.87. The lowest BCUT2D eigenvalue weighted by Crippen LogP contribution is -2.31. The lowest BCUT2D eigenvalue weighted by Gasteiger charge is -2.20. The summed E-state index contributed by atoms with van der Waals surface area (Å²) in [7, 11) is 0. The molecular weight excluding hydrogens is 118 g/mol. The van der Waals surface area contributed by atoms with Gasteiger partial charge in [-0.1, -0.05) is 0 Å². The summed E-state index contributed by atoms with van der Waals surface area (Å²) < 4.78 is 0. The highest BCUT2D eigenvalue weighted by Gasteiger charge is 2.13. The zero-order valence-corrected chi connectivity index (χ0v) is 4.68. The van der Waals surface area contributed by atoms with Crippen LogP contribution in [0.15, 0.2) is 15.2 Å². The third-order valence-electron chi connectivity index (χ3n) is 1.10. The minimum atomic E-state index is 0.739. The van der Waals surface area contributed by atoms with Crippen LogP contribution < -0.4 is 0 Å². The molecule has 0 unspecified atom stereocenters. The van der Waals surface area contributed by atoms with E-state index < -0.39 is 0 Å². The Hall–Kier alpha value is -1.39. The van der Waals surface area contributed by atoms with Gasteiger partial charge in [0.25, 0.3) is 0 Å². The van der Waals surface area contributed by atoms with E-state index in [9.17, 15) is 0 Å². The molecule has 0 aliphatic carbocycles. The van der Waals surface area contributed by atoms with Gasteiger partial charge in [-0.25, -0.2) is 4.99 Å². The molecule has 0 saturated carbocycles. The molecule has 2 aliphatic rings. The highest BCUT2D eigenvalue weighted by Crippen LogP contribution is 2.03. The molecule has 0 aromatic rings. The van der Waals surface area contributed by atoms with E-state index in [0.717, 1.165) is 6.54 Å². The van der Waals surface area contributed by atoms with Gasteiger partial charge in [0.05, 0.1) is 12.8 Å². The molecule has 46 valence electrons. The summed E-state index contributed by atoms with van der Waals surface area (Å²) in [4.78, 5) is 3.77. The maximum Gasteiger partial charge on any atom is 0.139 e. The van der Waals surface area contributed by atoms with Crippen LogP contribution >= 0.6 is 0 Å². The van der Waals surface area contributed by atoms with Gasteiger partial charge >= 0.3 is 0 Å². The first kappa shape index (κ1) is 4.49. The molecule has 0 bridgehead atoms. The topological polar surface area (TPSA) is 43.6 Å². The summed E-state index contributed by atoms with van der Waals surface area (Å²) in [6, 6.07) is 0. The van der Waals surface area contributed by atoms with E-state index in [2.05, 4.69) is 15.2 Å². The molecule has 2 rings (SSSR count). The van der Waals surface area contributed by atoms with Crippen molar-refractivity contribution in [1.29, 1.82) is 0 Å². The van der Waals surface area contributed by atoms with Gasteiger partial charge in [0, 0.05) is 0 Å². The van der Waals surface area contributed by atoms with Crippen LogP contribution in [0.2, 0.25) is 0 Å². The van der Waals surface area contributed by atoms with E-state index in [4.69, 9.17) is 0 Å². The zero-order valence-electron chi connectivity index (χ0n) is 4.68. The first-order chi connectivity index (χ1) is 4.47. The summed E-state index contributed by atoms with van der Waals surface area (Å²) in [5, 5.41) is 11.1. The Labute approximate surface area is 51.9 Å². The predicted octanol–water partition coefficient (Wildman–Crippen LogP) is -0.510. The SMILES string of the molecule is C1=NC=NN2CC=NN12. The predicted molar refractivity (Wildman–Crippen MR) is 34.0 cm³/mol. The number of aliphatic imine (C=N–C) groups is 1. The lowest BCUT2D eigenvalue weighted by molar-refractivity contribution is 0.0955. The van der Waals surface area contributed by atoms with E-state index in [1.807, 2.05) is 0 Å². The average Bonchev–Trinajstić information content (AvgIpc) is 2.33. The van der Waals surface area contributed by atoms with Gasteiger partial charge in [0.2, 0.25) is 0 Å². The van der Waals surface area contributed by atoms with Gasteiger partial charge in [-0.3, -0.25) is 0 Å². The van der Waals surface area contributed by atoms with Gasteiger partial charge in [0.1, 0.15) is 12.7 Å². The summed E-state index contributed by atoms with van der Waals surface area (Å²) in [5.74, 6) is 0. The third kappa shape index (κ3) is 0.576. The highest BCUT2D eigenvalue weighted by atomic mass is 15.9. The highest BCUT2D eigenvalue weighted by molar-refractivity contribution is 5.75. The minimum Gasteiger partial charge on any atom is -0.221 e. The van der Waals surface area contributed by atoms with Crippen LogP contribution in [0.1, 0.15) is 0 Å². The Balaban J connectivity index is 2.25. The van der Waals surface area contributed by atoms with Crippen LogP contribution in [0.3, 0.4) is 0 Å². The monoisotopic (exact) mass is 123 g/mol. The van der Waals surface area contributed by atoms with Crippen molar-refractivity contribution in [2.24, 2.45) is 15.2 Å². The Kier molecular flexibility index (Phi) is 0.769. The number of hydrazine groups is 1. The second-order valence-corrected chi connectivity index (χ2v) is 1.67. The standard InChI is InChI=1S/C4H5N5/c1-2-8-7-3-5-4-9(8)6-1/h1,3-4H,2H2. The van der Waals surface area contributed by atoms with E-state index in [-0.39, 0.29) is 0 Å².